The monoisotopic (exact) mass is 239 g/mol. The fourth-order valence-corrected chi connectivity index (χ4v) is 2.46. The predicted octanol–water partition coefficient (Wildman–Crippen LogP) is 2.97. The van der Waals surface area contributed by atoms with Crippen LogP contribution in [-0.4, -0.2) is 9.97 Å². The number of hydrogen-bond donors (Lipinski definition) is 1. The summed E-state index contributed by atoms with van der Waals surface area (Å²) in [4.78, 5) is 8.77. The molecule has 1 aromatic carbocycles. The molecule has 0 saturated carbocycles. The molecule has 1 aliphatic carbocycles. The van der Waals surface area contributed by atoms with Crippen LogP contribution in [0.5, 0.6) is 0 Å². The Hall–Kier alpha value is -1.90. The lowest BCUT2D eigenvalue weighted by molar-refractivity contribution is 0.663. The van der Waals surface area contributed by atoms with E-state index in [4.69, 9.17) is 0 Å². The first-order valence-electron chi connectivity index (χ1n) is 6.54. The van der Waals surface area contributed by atoms with Gasteiger partial charge in [0.15, 0.2) is 0 Å². The number of fused-ring (bicyclic) bond motifs is 1. The van der Waals surface area contributed by atoms with Crippen LogP contribution in [0.15, 0.2) is 36.7 Å². The molecule has 3 nitrogen and oxygen atoms in total. The number of nitrogens with zero attached hydrogens (tertiary/aromatic N) is 2. The third kappa shape index (κ3) is 2.35. The summed E-state index contributed by atoms with van der Waals surface area (Å²) in [6.45, 7) is 0.824. The molecule has 3 heteroatoms. The maximum absolute atomic E-state index is 4.38. The molecule has 0 bridgehead atoms. The molecule has 3 rings (SSSR count). The van der Waals surface area contributed by atoms with E-state index in [0.29, 0.717) is 0 Å². The highest BCUT2D eigenvalue weighted by Gasteiger charge is 2.14. The van der Waals surface area contributed by atoms with Crippen molar-refractivity contribution in [3.63, 3.8) is 0 Å². The van der Waals surface area contributed by atoms with Crippen molar-refractivity contribution in [3.05, 3.63) is 53.5 Å². The van der Waals surface area contributed by atoms with Crippen molar-refractivity contribution in [1.29, 1.82) is 0 Å². The lowest BCUT2D eigenvalue weighted by Gasteiger charge is -2.18. The molecular weight excluding hydrogens is 222 g/mol. The van der Waals surface area contributed by atoms with Crippen molar-refractivity contribution in [2.24, 2.45) is 0 Å². The summed E-state index contributed by atoms with van der Waals surface area (Å²) >= 11 is 0. The van der Waals surface area contributed by atoms with Gasteiger partial charge in [0, 0.05) is 17.8 Å². The first-order valence-corrected chi connectivity index (χ1v) is 6.54. The fraction of sp³-hybridized carbons (Fsp3) is 0.333. The first-order chi connectivity index (χ1) is 8.93. The van der Waals surface area contributed by atoms with Gasteiger partial charge in [0.05, 0.1) is 0 Å². The quantitative estimate of drug-likeness (QED) is 0.894. The van der Waals surface area contributed by atoms with E-state index >= 15 is 0 Å². The van der Waals surface area contributed by atoms with Crippen molar-refractivity contribution in [2.45, 2.75) is 32.2 Å². The van der Waals surface area contributed by atoms with Crippen molar-refractivity contribution in [3.8, 4) is 0 Å². The van der Waals surface area contributed by atoms with Gasteiger partial charge in [0.2, 0.25) is 0 Å². The van der Waals surface area contributed by atoms with Crippen LogP contribution in [0.1, 0.15) is 29.7 Å². The van der Waals surface area contributed by atoms with E-state index in [2.05, 4.69) is 39.6 Å². The molecule has 0 fully saturated rings. The highest BCUT2D eigenvalue weighted by atomic mass is 15.0. The van der Waals surface area contributed by atoms with Crippen LogP contribution in [-0.2, 0) is 19.4 Å². The number of aromatic nitrogens is 2. The molecule has 0 aliphatic heterocycles. The summed E-state index contributed by atoms with van der Waals surface area (Å²) in [5.74, 6) is 1.02. The van der Waals surface area contributed by atoms with Gasteiger partial charge in [-0.15, -0.1) is 0 Å². The number of aryl methyl sites for hydroxylation is 1. The summed E-state index contributed by atoms with van der Waals surface area (Å²) in [5.41, 5.74) is 3.83. The zero-order valence-electron chi connectivity index (χ0n) is 10.4. The maximum atomic E-state index is 4.38. The van der Waals surface area contributed by atoms with Crippen LogP contribution in [0.4, 0.5) is 5.82 Å². The van der Waals surface area contributed by atoms with Gasteiger partial charge < -0.3 is 5.32 Å². The Kier molecular flexibility index (Phi) is 3.22. The SMILES string of the molecule is c1ccc(CNc2ncnc3c2CCCC3)cc1. The van der Waals surface area contributed by atoms with Crippen LogP contribution in [0.25, 0.3) is 0 Å². The van der Waals surface area contributed by atoms with E-state index in [1.165, 1.54) is 29.7 Å². The molecule has 18 heavy (non-hydrogen) atoms. The molecular formula is C15H17N3. The summed E-state index contributed by atoms with van der Waals surface area (Å²) < 4.78 is 0. The second kappa shape index (κ2) is 5.17. The molecule has 0 radical (unpaired) electrons. The number of hydrogen-bond acceptors (Lipinski definition) is 3. The molecule has 0 atom stereocenters. The molecule has 1 N–H and O–H groups in total. The average Bonchev–Trinajstić information content (AvgIpc) is 2.46. The summed E-state index contributed by atoms with van der Waals surface area (Å²) in [7, 11) is 0. The van der Waals surface area contributed by atoms with Gasteiger partial charge in [-0.1, -0.05) is 30.3 Å². The van der Waals surface area contributed by atoms with Gasteiger partial charge >= 0.3 is 0 Å². The van der Waals surface area contributed by atoms with Crippen molar-refractivity contribution >= 4 is 5.82 Å². The zero-order chi connectivity index (χ0) is 12.2. The number of rotatable bonds is 3. The molecule has 0 spiro atoms. The standard InChI is InChI=1S/C15H17N3/c1-2-6-12(7-3-1)10-16-15-13-8-4-5-9-14(13)17-11-18-15/h1-3,6-7,11H,4-5,8-10H2,(H,16,17,18). The molecule has 1 aromatic heterocycles. The minimum absolute atomic E-state index is 0.824. The van der Waals surface area contributed by atoms with E-state index in [1.54, 1.807) is 6.33 Å². The highest BCUT2D eigenvalue weighted by molar-refractivity contribution is 5.47. The fourth-order valence-electron chi connectivity index (χ4n) is 2.46. The highest BCUT2D eigenvalue weighted by Crippen LogP contribution is 2.24. The molecule has 2 aromatic rings. The number of anilines is 1. The lowest BCUT2D eigenvalue weighted by Crippen LogP contribution is -2.12. The molecule has 1 aliphatic rings. The van der Waals surface area contributed by atoms with Crippen LogP contribution in [0.3, 0.4) is 0 Å². The summed E-state index contributed by atoms with van der Waals surface area (Å²) in [6, 6.07) is 10.4. The topological polar surface area (TPSA) is 37.8 Å². The Balaban J connectivity index is 1.77. The third-order valence-electron chi connectivity index (χ3n) is 3.43. The summed E-state index contributed by atoms with van der Waals surface area (Å²) in [6.07, 6.45) is 6.38. The normalized spacial score (nSPS) is 14.0. The van der Waals surface area contributed by atoms with E-state index in [9.17, 15) is 0 Å². The van der Waals surface area contributed by atoms with Crippen molar-refractivity contribution in [1.82, 2.24) is 9.97 Å². The van der Waals surface area contributed by atoms with E-state index < -0.39 is 0 Å². The van der Waals surface area contributed by atoms with Gasteiger partial charge in [-0.25, -0.2) is 9.97 Å². The van der Waals surface area contributed by atoms with Crippen LogP contribution >= 0.6 is 0 Å². The average molecular weight is 239 g/mol. The molecule has 0 unspecified atom stereocenters. The minimum atomic E-state index is 0.824. The Bertz CT molecular complexity index is 523. The molecule has 0 amide bonds. The van der Waals surface area contributed by atoms with Gasteiger partial charge in [0.25, 0.3) is 0 Å². The Morgan fingerprint density at radius 2 is 1.83 bits per heavy atom. The zero-order valence-corrected chi connectivity index (χ0v) is 10.4. The Labute approximate surface area is 107 Å². The molecule has 0 saturated heterocycles. The Morgan fingerprint density at radius 1 is 1.00 bits per heavy atom. The van der Waals surface area contributed by atoms with E-state index in [1.807, 2.05) is 6.07 Å². The largest absolute Gasteiger partial charge is 0.366 e. The van der Waals surface area contributed by atoms with Gasteiger partial charge in [-0.05, 0) is 31.2 Å². The van der Waals surface area contributed by atoms with Gasteiger partial charge in [-0.3, -0.25) is 0 Å². The number of nitrogens with one attached hydrogen (secondary N) is 1. The molecule has 92 valence electrons. The molecule has 1 heterocycles. The second-order valence-electron chi connectivity index (χ2n) is 4.69. The van der Waals surface area contributed by atoms with Gasteiger partial charge in [-0.2, -0.15) is 0 Å². The van der Waals surface area contributed by atoms with Crippen LogP contribution in [0.2, 0.25) is 0 Å². The van der Waals surface area contributed by atoms with Crippen molar-refractivity contribution in [2.75, 3.05) is 5.32 Å². The van der Waals surface area contributed by atoms with E-state index in [0.717, 1.165) is 25.2 Å². The number of benzene rings is 1. The van der Waals surface area contributed by atoms with Crippen molar-refractivity contribution < 1.29 is 0 Å². The summed E-state index contributed by atoms with van der Waals surface area (Å²) in [5, 5.41) is 3.44. The van der Waals surface area contributed by atoms with E-state index in [-0.39, 0.29) is 0 Å². The minimum Gasteiger partial charge on any atom is -0.366 e. The smallest absolute Gasteiger partial charge is 0.133 e. The van der Waals surface area contributed by atoms with Gasteiger partial charge in [0.1, 0.15) is 12.1 Å². The maximum Gasteiger partial charge on any atom is 0.133 e. The van der Waals surface area contributed by atoms with Crippen LogP contribution < -0.4 is 5.32 Å². The van der Waals surface area contributed by atoms with Crippen LogP contribution in [0, 0.1) is 0 Å². The third-order valence-corrected chi connectivity index (χ3v) is 3.43. The first kappa shape index (κ1) is 11.2. The Morgan fingerprint density at radius 3 is 2.72 bits per heavy atom. The predicted molar refractivity (Wildman–Crippen MR) is 72.4 cm³/mol. The lowest BCUT2D eigenvalue weighted by atomic mass is 9.96. The second-order valence-corrected chi connectivity index (χ2v) is 4.69.